The first-order valence-corrected chi connectivity index (χ1v) is 10.3. The fourth-order valence-corrected chi connectivity index (χ4v) is 3.91. The van der Waals surface area contributed by atoms with Gasteiger partial charge in [0.05, 0.1) is 16.9 Å². The molecule has 5 nitrogen and oxygen atoms in total. The predicted octanol–water partition coefficient (Wildman–Crippen LogP) is 5.44. The Hall–Kier alpha value is -2.79. The minimum Gasteiger partial charge on any atom is -0.390 e. The number of ether oxygens (including phenoxy) is 1. The normalized spacial score (nSPS) is 12.3. The number of rotatable bonds is 4. The van der Waals surface area contributed by atoms with E-state index in [-0.39, 0.29) is 6.09 Å². The molecule has 3 aromatic rings. The van der Waals surface area contributed by atoms with Gasteiger partial charge in [-0.15, -0.1) is 0 Å². The smallest absolute Gasteiger partial charge is 0.390 e. The molecule has 0 radical (unpaired) electrons. The molecule has 0 spiro atoms. The van der Waals surface area contributed by atoms with Crippen molar-refractivity contribution in [3.05, 3.63) is 64.3 Å². The monoisotopic (exact) mass is 409 g/mol. The Morgan fingerprint density at radius 2 is 1.93 bits per heavy atom. The van der Waals surface area contributed by atoms with Crippen molar-refractivity contribution in [3.63, 3.8) is 0 Å². The fraction of sp³-hybridized carbons (Fsp3) is 0.304. The molecule has 0 bridgehead atoms. The molecular formula is C23H24ClN3O2. The van der Waals surface area contributed by atoms with Gasteiger partial charge in [-0.05, 0) is 62.4 Å². The van der Waals surface area contributed by atoms with Gasteiger partial charge < -0.3 is 9.64 Å². The second-order valence-electron chi connectivity index (χ2n) is 7.17. The molecule has 0 unspecified atom stereocenters. The van der Waals surface area contributed by atoms with E-state index in [1.807, 2.05) is 51.1 Å². The molecule has 0 atom stereocenters. The molecule has 1 aliphatic carbocycles. The van der Waals surface area contributed by atoms with Gasteiger partial charge >= 0.3 is 6.09 Å². The summed E-state index contributed by atoms with van der Waals surface area (Å²) in [5, 5.41) is 5.47. The Bertz CT molecular complexity index is 1070. The highest BCUT2D eigenvalue weighted by Gasteiger charge is 2.29. The van der Waals surface area contributed by atoms with Gasteiger partial charge in [0.25, 0.3) is 0 Å². The molecule has 150 valence electrons. The Morgan fingerprint density at radius 1 is 1.17 bits per heavy atom. The summed E-state index contributed by atoms with van der Waals surface area (Å²) in [5.74, 6) is 0.448. The molecule has 0 saturated carbocycles. The summed E-state index contributed by atoms with van der Waals surface area (Å²) in [4.78, 5) is 14.5. The summed E-state index contributed by atoms with van der Waals surface area (Å²) in [7, 11) is 0. The van der Waals surface area contributed by atoms with Crippen molar-refractivity contribution in [1.82, 2.24) is 14.7 Å². The van der Waals surface area contributed by atoms with Crippen LogP contribution in [-0.2, 0) is 12.8 Å². The van der Waals surface area contributed by atoms with E-state index in [4.69, 9.17) is 21.4 Å². The van der Waals surface area contributed by atoms with Crippen LogP contribution in [0.2, 0.25) is 5.02 Å². The van der Waals surface area contributed by atoms with Gasteiger partial charge in [0.15, 0.2) is 0 Å². The predicted molar refractivity (Wildman–Crippen MR) is 115 cm³/mol. The van der Waals surface area contributed by atoms with E-state index in [1.165, 1.54) is 5.56 Å². The molecule has 0 saturated heterocycles. The highest BCUT2D eigenvalue weighted by Crippen LogP contribution is 2.41. The van der Waals surface area contributed by atoms with Crippen LogP contribution in [0.5, 0.6) is 5.88 Å². The van der Waals surface area contributed by atoms with Crippen molar-refractivity contribution < 1.29 is 9.53 Å². The van der Waals surface area contributed by atoms with E-state index in [2.05, 4.69) is 12.1 Å². The molecule has 2 aromatic carbocycles. The maximum absolute atomic E-state index is 12.8. The summed E-state index contributed by atoms with van der Waals surface area (Å²) in [6.45, 7) is 6.99. The van der Waals surface area contributed by atoms with Crippen molar-refractivity contribution in [2.24, 2.45) is 0 Å². The molecule has 29 heavy (non-hydrogen) atoms. The summed E-state index contributed by atoms with van der Waals surface area (Å²) in [5.41, 5.74) is 5.89. The first-order valence-electron chi connectivity index (χ1n) is 9.96. The number of amides is 1. The van der Waals surface area contributed by atoms with Crippen LogP contribution in [0.15, 0.2) is 42.5 Å². The molecule has 1 aromatic heterocycles. The number of hydrogen-bond donors (Lipinski definition) is 0. The van der Waals surface area contributed by atoms with Crippen LogP contribution in [0.3, 0.4) is 0 Å². The first kappa shape index (κ1) is 19.5. The molecular weight excluding hydrogens is 386 g/mol. The lowest BCUT2D eigenvalue weighted by atomic mass is 9.90. The molecule has 0 N–H and O–H groups in total. The van der Waals surface area contributed by atoms with Gasteiger partial charge in [0.2, 0.25) is 5.88 Å². The van der Waals surface area contributed by atoms with Gasteiger partial charge in [-0.1, -0.05) is 41.9 Å². The highest BCUT2D eigenvalue weighted by atomic mass is 35.5. The highest BCUT2D eigenvalue weighted by molar-refractivity contribution is 6.31. The zero-order valence-electron chi connectivity index (χ0n) is 16.9. The lowest BCUT2D eigenvalue weighted by Gasteiger charge is -2.20. The number of aromatic nitrogens is 2. The Morgan fingerprint density at radius 3 is 2.66 bits per heavy atom. The minimum absolute atomic E-state index is 0.375. The third-order valence-electron chi connectivity index (χ3n) is 5.44. The van der Waals surface area contributed by atoms with Crippen molar-refractivity contribution in [3.8, 4) is 22.7 Å². The average molecular weight is 410 g/mol. The standard InChI is InChI=1S/C23H24ClN3O2/c1-4-26(5-2)23(28)29-22-21-18-9-7-6-8-16(18)11-13-20(21)25-27(22)17-12-10-15(3)19(24)14-17/h6-10,12,14H,4-5,11,13H2,1-3H3. The van der Waals surface area contributed by atoms with E-state index in [1.54, 1.807) is 9.58 Å². The van der Waals surface area contributed by atoms with Crippen LogP contribution < -0.4 is 4.74 Å². The Kier molecular flexibility index (Phi) is 5.33. The molecule has 0 fully saturated rings. The van der Waals surface area contributed by atoms with Crippen LogP contribution in [0.1, 0.15) is 30.7 Å². The van der Waals surface area contributed by atoms with Crippen molar-refractivity contribution in [2.75, 3.05) is 13.1 Å². The van der Waals surface area contributed by atoms with Crippen LogP contribution in [0.25, 0.3) is 16.8 Å². The number of aryl methyl sites for hydroxylation is 3. The lowest BCUT2D eigenvalue weighted by molar-refractivity contribution is 0.154. The SMILES string of the molecule is CCN(CC)C(=O)Oc1c2c(nn1-c1ccc(C)c(Cl)c1)CCc1ccccc1-2. The van der Waals surface area contributed by atoms with Gasteiger partial charge in [0, 0.05) is 18.1 Å². The van der Waals surface area contributed by atoms with Gasteiger partial charge in [-0.3, -0.25) is 0 Å². The van der Waals surface area contributed by atoms with Crippen molar-refractivity contribution >= 4 is 17.7 Å². The van der Waals surface area contributed by atoms with Gasteiger partial charge in [0.1, 0.15) is 0 Å². The van der Waals surface area contributed by atoms with Crippen molar-refractivity contribution in [1.29, 1.82) is 0 Å². The largest absolute Gasteiger partial charge is 0.416 e. The summed E-state index contributed by atoms with van der Waals surface area (Å²) in [6.07, 6.45) is 1.34. The molecule has 1 amide bonds. The van der Waals surface area contributed by atoms with Crippen LogP contribution in [0, 0.1) is 6.92 Å². The zero-order valence-corrected chi connectivity index (χ0v) is 17.7. The number of carbonyl (C=O) groups excluding carboxylic acids is 1. The minimum atomic E-state index is -0.375. The third-order valence-corrected chi connectivity index (χ3v) is 5.85. The molecule has 6 heteroatoms. The fourth-order valence-electron chi connectivity index (χ4n) is 3.74. The number of fused-ring (bicyclic) bond motifs is 3. The number of nitrogens with zero attached hydrogens (tertiary/aromatic N) is 3. The second kappa shape index (κ2) is 7.91. The van der Waals surface area contributed by atoms with E-state index >= 15 is 0 Å². The quantitative estimate of drug-likeness (QED) is 0.576. The summed E-state index contributed by atoms with van der Waals surface area (Å²) in [6, 6.07) is 14.0. The number of halogens is 1. The number of carbonyl (C=O) groups is 1. The molecule has 1 heterocycles. The maximum Gasteiger partial charge on any atom is 0.416 e. The van der Waals surface area contributed by atoms with E-state index in [9.17, 15) is 4.79 Å². The number of hydrogen-bond acceptors (Lipinski definition) is 3. The summed E-state index contributed by atoms with van der Waals surface area (Å²) < 4.78 is 7.66. The lowest BCUT2D eigenvalue weighted by Crippen LogP contribution is -2.33. The first-order chi connectivity index (χ1) is 14.0. The van der Waals surface area contributed by atoms with Gasteiger partial charge in [-0.25, -0.2) is 4.79 Å². The Balaban J connectivity index is 1.89. The molecule has 4 rings (SSSR count). The maximum atomic E-state index is 12.8. The van der Waals surface area contributed by atoms with Crippen LogP contribution in [-0.4, -0.2) is 33.9 Å². The van der Waals surface area contributed by atoms with E-state index < -0.39 is 0 Å². The molecule has 0 aliphatic heterocycles. The average Bonchev–Trinajstić information content (AvgIpc) is 3.10. The summed E-state index contributed by atoms with van der Waals surface area (Å²) >= 11 is 6.37. The van der Waals surface area contributed by atoms with E-state index in [0.29, 0.717) is 24.0 Å². The second-order valence-corrected chi connectivity index (χ2v) is 7.58. The van der Waals surface area contributed by atoms with Crippen LogP contribution in [0.4, 0.5) is 4.79 Å². The number of benzene rings is 2. The topological polar surface area (TPSA) is 47.4 Å². The van der Waals surface area contributed by atoms with Gasteiger partial charge in [-0.2, -0.15) is 9.78 Å². The Labute approximate surface area is 175 Å². The van der Waals surface area contributed by atoms with Crippen LogP contribution >= 0.6 is 11.6 Å². The van der Waals surface area contributed by atoms with Crippen molar-refractivity contribution in [2.45, 2.75) is 33.6 Å². The molecule has 1 aliphatic rings. The zero-order chi connectivity index (χ0) is 20.5. The van der Waals surface area contributed by atoms with E-state index in [0.717, 1.165) is 40.9 Å². The third kappa shape index (κ3) is 3.51.